The van der Waals surface area contributed by atoms with Gasteiger partial charge in [-0.15, -0.1) is 11.8 Å². The molecule has 0 saturated heterocycles. The van der Waals surface area contributed by atoms with E-state index in [1.807, 2.05) is 36.6 Å². The summed E-state index contributed by atoms with van der Waals surface area (Å²) in [6.07, 6.45) is 1.96. The zero-order chi connectivity index (χ0) is 13.9. The van der Waals surface area contributed by atoms with Crippen LogP contribution in [0.15, 0.2) is 64.4 Å². The van der Waals surface area contributed by atoms with Gasteiger partial charge < -0.3 is 0 Å². The predicted molar refractivity (Wildman–Crippen MR) is 80.3 cm³/mol. The molecule has 0 atom stereocenters. The van der Waals surface area contributed by atoms with E-state index in [1.165, 1.54) is 4.31 Å². The van der Waals surface area contributed by atoms with Crippen LogP contribution < -0.4 is 4.31 Å². The Morgan fingerprint density at radius 3 is 2.05 bits per heavy atom. The lowest BCUT2D eigenvalue weighted by Gasteiger charge is -2.19. The molecule has 19 heavy (non-hydrogen) atoms. The third kappa shape index (κ3) is 2.93. The maximum atomic E-state index is 12.5. The van der Waals surface area contributed by atoms with Crippen LogP contribution >= 0.6 is 11.8 Å². The lowest BCUT2D eigenvalue weighted by molar-refractivity contribution is 0.594. The standard InChI is InChI=1S/C14H15NO2S2/c1-15(12-6-4-3-5-7-12)19(16,17)14-10-8-13(18-2)9-11-14/h3-11H,1-2H3. The van der Waals surface area contributed by atoms with Gasteiger partial charge in [0.05, 0.1) is 10.6 Å². The largest absolute Gasteiger partial charge is 0.269 e. The van der Waals surface area contributed by atoms with E-state index in [1.54, 1.807) is 43.1 Å². The summed E-state index contributed by atoms with van der Waals surface area (Å²) in [6.45, 7) is 0. The second-order valence-electron chi connectivity index (χ2n) is 3.98. The fourth-order valence-corrected chi connectivity index (χ4v) is 3.29. The van der Waals surface area contributed by atoms with E-state index in [-0.39, 0.29) is 0 Å². The molecule has 0 spiro atoms. The number of thioether (sulfide) groups is 1. The fourth-order valence-electron chi connectivity index (χ4n) is 1.68. The molecule has 100 valence electrons. The van der Waals surface area contributed by atoms with Crippen LogP contribution in [0.1, 0.15) is 0 Å². The van der Waals surface area contributed by atoms with Crippen LogP contribution in [0.2, 0.25) is 0 Å². The molecule has 0 N–H and O–H groups in total. The normalized spacial score (nSPS) is 11.3. The predicted octanol–water partition coefficient (Wildman–Crippen LogP) is 3.23. The summed E-state index contributed by atoms with van der Waals surface area (Å²) in [6, 6.07) is 15.9. The molecule has 0 aliphatic carbocycles. The van der Waals surface area contributed by atoms with Gasteiger partial charge in [0.25, 0.3) is 10.0 Å². The van der Waals surface area contributed by atoms with Crippen molar-refractivity contribution in [1.29, 1.82) is 0 Å². The Morgan fingerprint density at radius 2 is 1.53 bits per heavy atom. The van der Waals surface area contributed by atoms with Crippen molar-refractivity contribution in [3.05, 3.63) is 54.6 Å². The highest BCUT2D eigenvalue weighted by Gasteiger charge is 2.20. The molecule has 5 heteroatoms. The fraction of sp³-hybridized carbons (Fsp3) is 0.143. The van der Waals surface area contributed by atoms with Crippen LogP contribution in [0.5, 0.6) is 0 Å². The lowest BCUT2D eigenvalue weighted by atomic mass is 10.3. The molecule has 0 unspecified atom stereocenters. The SMILES string of the molecule is CSc1ccc(S(=O)(=O)N(C)c2ccccc2)cc1. The molecule has 0 radical (unpaired) electrons. The Kier molecular flexibility index (Phi) is 4.17. The molecule has 0 aliphatic heterocycles. The highest BCUT2D eigenvalue weighted by Crippen LogP contribution is 2.23. The van der Waals surface area contributed by atoms with Crippen LogP contribution in [0.3, 0.4) is 0 Å². The first-order valence-electron chi connectivity index (χ1n) is 5.74. The first-order valence-corrected chi connectivity index (χ1v) is 8.40. The summed E-state index contributed by atoms with van der Waals surface area (Å²) >= 11 is 1.58. The number of benzene rings is 2. The van der Waals surface area contributed by atoms with Crippen molar-refractivity contribution < 1.29 is 8.42 Å². The molecular weight excluding hydrogens is 278 g/mol. The molecule has 0 aromatic heterocycles. The van der Waals surface area contributed by atoms with Gasteiger partial charge in [0.1, 0.15) is 0 Å². The highest BCUT2D eigenvalue weighted by molar-refractivity contribution is 7.98. The number of hydrogen-bond acceptors (Lipinski definition) is 3. The molecule has 2 rings (SSSR count). The topological polar surface area (TPSA) is 37.4 Å². The summed E-state index contributed by atoms with van der Waals surface area (Å²) in [7, 11) is -1.93. The molecule has 0 amide bonds. The van der Waals surface area contributed by atoms with E-state index in [9.17, 15) is 8.42 Å². The quantitative estimate of drug-likeness (QED) is 0.812. The summed E-state index contributed by atoms with van der Waals surface area (Å²) in [4.78, 5) is 1.35. The Morgan fingerprint density at radius 1 is 0.947 bits per heavy atom. The van der Waals surface area contributed by atoms with Gasteiger partial charge >= 0.3 is 0 Å². The van der Waals surface area contributed by atoms with E-state index in [0.29, 0.717) is 10.6 Å². The number of para-hydroxylation sites is 1. The van der Waals surface area contributed by atoms with Gasteiger partial charge in [-0.2, -0.15) is 0 Å². The van der Waals surface area contributed by atoms with Crippen LogP contribution in [0, 0.1) is 0 Å². The second-order valence-corrected chi connectivity index (χ2v) is 6.83. The van der Waals surface area contributed by atoms with Gasteiger partial charge in [-0.1, -0.05) is 18.2 Å². The molecule has 0 heterocycles. The van der Waals surface area contributed by atoms with Gasteiger partial charge in [0, 0.05) is 11.9 Å². The Bertz CT molecular complexity index is 637. The number of anilines is 1. The van der Waals surface area contributed by atoms with Crippen LogP contribution in [-0.4, -0.2) is 21.7 Å². The Hall–Kier alpha value is -1.46. The van der Waals surface area contributed by atoms with Crippen molar-refractivity contribution in [3.8, 4) is 0 Å². The lowest BCUT2D eigenvalue weighted by Crippen LogP contribution is -2.26. The third-order valence-corrected chi connectivity index (χ3v) is 5.38. The molecule has 0 bridgehead atoms. The molecule has 2 aromatic rings. The first-order chi connectivity index (χ1) is 9.05. The highest BCUT2D eigenvalue weighted by atomic mass is 32.2. The van der Waals surface area contributed by atoms with Crippen molar-refractivity contribution in [2.45, 2.75) is 9.79 Å². The first kappa shape index (κ1) is 14.0. The van der Waals surface area contributed by atoms with E-state index in [2.05, 4.69) is 0 Å². The number of hydrogen-bond donors (Lipinski definition) is 0. The second kappa shape index (κ2) is 5.67. The maximum absolute atomic E-state index is 12.5. The maximum Gasteiger partial charge on any atom is 0.264 e. The molecule has 3 nitrogen and oxygen atoms in total. The van der Waals surface area contributed by atoms with Crippen LogP contribution in [-0.2, 0) is 10.0 Å². The summed E-state index contributed by atoms with van der Waals surface area (Å²) in [5.74, 6) is 0. The molecule has 0 fully saturated rings. The smallest absolute Gasteiger partial charge is 0.264 e. The number of sulfonamides is 1. The Balaban J connectivity index is 2.36. The van der Waals surface area contributed by atoms with Crippen molar-refractivity contribution in [1.82, 2.24) is 0 Å². The number of rotatable bonds is 4. The third-order valence-electron chi connectivity index (χ3n) is 2.84. The number of nitrogens with zero attached hydrogens (tertiary/aromatic N) is 1. The van der Waals surface area contributed by atoms with Gasteiger partial charge in [0.2, 0.25) is 0 Å². The monoisotopic (exact) mass is 293 g/mol. The summed E-state index contributed by atoms with van der Waals surface area (Å²) in [5, 5.41) is 0. The zero-order valence-electron chi connectivity index (χ0n) is 10.8. The van der Waals surface area contributed by atoms with Crippen molar-refractivity contribution in [3.63, 3.8) is 0 Å². The minimum atomic E-state index is -3.49. The average molecular weight is 293 g/mol. The van der Waals surface area contributed by atoms with E-state index in [0.717, 1.165) is 4.90 Å². The van der Waals surface area contributed by atoms with Crippen molar-refractivity contribution in [2.24, 2.45) is 0 Å². The van der Waals surface area contributed by atoms with Crippen molar-refractivity contribution in [2.75, 3.05) is 17.6 Å². The molecule has 2 aromatic carbocycles. The average Bonchev–Trinajstić information content (AvgIpc) is 2.47. The van der Waals surface area contributed by atoms with Gasteiger partial charge in [-0.25, -0.2) is 8.42 Å². The van der Waals surface area contributed by atoms with Gasteiger partial charge in [0.15, 0.2) is 0 Å². The van der Waals surface area contributed by atoms with Gasteiger partial charge in [-0.05, 0) is 42.7 Å². The summed E-state index contributed by atoms with van der Waals surface area (Å²) in [5.41, 5.74) is 0.649. The summed E-state index contributed by atoms with van der Waals surface area (Å²) < 4.78 is 26.2. The van der Waals surface area contributed by atoms with E-state index in [4.69, 9.17) is 0 Å². The van der Waals surface area contributed by atoms with Crippen LogP contribution in [0.25, 0.3) is 0 Å². The van der Waals surface area contributed by atoms with Gasteiger partial charge in [-0.3, -0.25) is 4.31 Å². The molecular formula is C14H15NO2S2. The Labute approximate surface area is 118 Å². The molecule has 0 saturated carbocycles. The minimum absolute atomic E-state index is 0.302. The minimum Gasteiger partial charge on any atom is -0.269 e. The zero-order valence-corrected chi connectivity index (χ0v) is 12.4. The van der Waals surface area contributed by atoms with E-state index >= 15 is 0 Å². The molecule has 0 aliphatic rings. The van der Waals surface area contributed by atoms with E-state index < -0.39 is 10.0 Å². The van der Waals surface area contributed by atoms with Crippen molar-refractivity contribution >= 4 is 27.5 Å². The van der Waals surface area contributed by atoms with Crippen LogP contribution in [0.4, 0.5) is 5.69 Å².